The van der Waals surface area contributed by atoms with Crippen LogP contribution in [0.25, 0.3) is 0 Å². The monoisotopic (exact) mass is 331 g/mol. The highest BCUT2D eigenvalue weighted by Crippen LogP contribution is 2.17. The minimum absolute atomic E-state index is 0.0674. The van der Waals surface area contributed by atoms with E-state index in [0.29, 0.717) is 22.4 Å². The normalized spacial score (nSPS) is 11.0. The molecule has 1 amide bonds. The summed E-state index contributed by atoms with van der Waals surface area (Å²) in [7, 11) is -3.11. The van der Waals surface area contributed by atoms with Gasteiger partial charge in [0, 0.05) is 17.4 Å². The first-order chi connectivity index (χ1) is 10.8. The lowest BCUT2D eigenvalue weighted by Crippen LogP contribution is -2.14. The van der Waals surface area contributed by atoms with E-state index < -0.39 is 9.84 Å². The summed E-state index contributed by atoms with van der Waals surface area (Å²) < 4.78 is 22.5. The Balaban J connectivity index is 2.17. The van der Waals surface area contributed by atoms with E-state index in [2.05, 4.69) is 5.32 Å². The van der Waals surface area contributed by atoms with E-state index in [0.717, 1.165) is 6.26 Å². The molecule has 0 fully saturated rings. The number of anilines is 1. The second-order valence-electron chi connectivity index (χ2n) is 5.32. The Hall–Kier alpha value is -2.47. The Bertz CT molecular complexity index is 839. The maximum absolute atomic E-state index is 12.2. The minimum atomic E-state index is -3.11. The second kappa shape index (κ2) is 6.75. The molecule has 0 heterocycles. The van der Waals surface area contributed by atoms with Crippen LogP contribution in [0.5, 0.6) is 0 Å². The molecular weight excluding hydrogens is 314 g/mol. The van der Waals surface area contributed by atoms with E-state index in [1.807, 2.05) is 0 Å². The van der Waals surface area contributed by atoms with Gasteiger partial charge < -0.3 is 5.32 Å². The van der Waals surface area contributed by atoms with E-state index in [4.69, 9.17) is 0 Å². The number of ketones is 1. The third-order valence-electron chi connectivity index (χ3n) is 3.20. The van der Waals surface area contributed by atoms with Crippen molar-refractivity contribution in [1.82, 2.24) is 0 Å². The number of Topliss-reactive ketones (excluding diaryl/α,β-unsaturated/α-hetero) is 1. The molecule has 0 bridgehead atoms. The lowest BCUT2D eigenvalue weighted by molar-refractivity contribution is 0.101. The van der Waals surface area contributed by atoms with E-state index >= 15 is 0 Å². The zero-order valence-electron chi connectivity index (χ0n) is 12.9. The predicted molar refractivity (Wildman–Crippen MR) is 89.4 cm³/mol. The number of nitrogens with one attached hydrogen (secondary N) is 1. The van der Waals surface area contributed by atoms with Crippen LogP contribution in [0.1, 0.15) is 33.2 Å². The van der Waals surface area contributed by atoms with E-state index in [1.54, 1.807) is 48.5 Å². The van der Waals surface area contributed by atoms with Crippen molar-refractivity contribution in [2.24, 2.45) is 0 Å². The van der Waals surface area contributed by atoms with Gasteiger partial charge in [0.25, 0.3) is 5.91 Å². The van der Waals surface area contributed by atoms with Crippen molar-refractivity contribution in [3.8, 4) is 0 Å². The lowest BCUT2D eigenvalue weighted by Gasteiger charge is -2.09. The quantitative estimate of drug-likeness (QED) is 0.854. The van der Waals surface area contributed by atoms with Gasteiger partial charge in [-0.15, -0.1) is 0 Å². The minimum Gasteiger partial charge on any atom is -0.321 e. The number of amides is 1. The summed E-state index contributed by atoms with van der Waals surface area (Å²) in [6.07, 6.45) is 1.16. The van der Waals surface area contributed by atoms with Gasteiger partial charge in [-0.2, -0.15) is 0 Å². The molecule has 120 valence electrons. The topological polar surface area (TPSA) is 80.3 Å². The number of para-hydroxylation sites is 1. The number of carbonyl (C=O) groups excluding carboxylic acids is 2. The standard InChI is InChI=1S/C17H17NO4S/c1-12(19)15-5-3-4-6-16(15)18-17(20)14-9-7-13(8-10-14)11-23(2,21)22/h3-10H,11H2,1-2H3,(H,18,20). The van der Waals surface area contributed by atoms with Gasteiger partial charge in [-0.3, -0.25) is 9.59 Å². The van der Waals surface area contributed by atoms with Gasteiger partial charge in [-0.1, -0.05) is 24.3 Å². The summed E-state index contributed by atoms with van der Waals surface area (Å²) in [6.45, 7) is 1.44. The second-order valence-corrected chi connectivity index (χ2v) is 7.46. The van der Waals surface area contributed by atoms with E-state index in [-0.39, 0.29) is 17.4 Å². The molecule has 0 aliphatic rings. The summed E-state index contributed by atoms with van der Waals surface area (Å²) >= 11 is 0. The van der Waals surface area contributed by atoms with Crippen molar-refractivity contribution < 1.29 is 18.0 Å². The molecule has 2 aromatic rings. The molecule has 0 aromatic heterocycles. The fourth-order valence-corrected chi connectivity index (χ4v) is 2.95. The van der Waals surface area contributed by atoms with Gasteiger partial charge in [0.15, 0.2) is 15.6 Å². The van der Waals surface area contributed by atoms with Crippen LogP contribution < -0.4 is 5.32 Å². The van der Waals surface area contributed by atoms with Crippen molar-refractivity contribution >= 4 is 27.2 Å². The van der Waals surface area contributed by atoms with E-state index in [1.165, 1.54) is 6.92 Å². The SMILES string of the molecule is CC(=O)c1ccccc1NC(=O)c1ccc(CS(C)(=O)=O)cc1. The molecule has 2 rings (SSSR count). The van der Waals surface area contributed by atoms with Gasteiger partial charge in [-0.25, -0.2) is 8.42 Å². The first-order valence-corrected chi connectivity index (χ1v) is 9.00. The number of rotatable bonds is 5. The maximum atomic E-state index is 12.2. The van der Waals surface area contributed by atoms with Crippen molar-refractivity contribution in [3.63, 3.8) is 0 Å². The summed E-state index contributed by atoms with van der Waals surface area (Å²) in [5.41, 5.74) is 1.90. The number of sulfone groups is 1. The first-order valence-electron chi connectivity index (χ1n) is 6.94. The Labute approximate surface area is 135 Å². The van der Waals surface area contributed by atoms with Crippen LogP contribution >= 0.6 is 0 Å². The summed E-state index contributed by atoms with van der Waals surface area (Å²) in [4.78, 5) is 23.8. The zero-order valence-corrected chi connectivity index (χ0v) is 13.7. The van der Waals surface area contributed by atoms with Crippen molar-refractivity contribution in [1.29, 1.82) is 0 Å². The average molecular weight is 331 g/mol. The van der Waals surface area contributed by atoms with Gasteiger partial charge in [0.1, 0.15) is 0 Å². The van der Waals surface area contributed by atoms with Crippen molar-refractivity contribution in [2.75, 3.05) is 11.6 Å². The van der Waals surface area contributed by atoms with Crippen LogP contribution in [0.4, 0.5) is 5.69 Å². The Kier molecular flexibility index (Phi) is 4.95. The highest BCUT2D eigenvalue weighted by atomic mass is 32.2. The molecule has 2 aromatic carbocycles. The Morgan fingerprint density at radius 1 is 1.00 bits per heavy atom. The molecule has 0 aliphatic heterocycles. The molecule has 0 radical (unpaired) electrons. The van der Waals surface area contributed by atoms with Crippen LogP contribution in [0.2, 0.25) is 0 Å². The number of benzene rings is 2. The molecule has 23 heavy (non-hydrogen) atoms. The van der Waals surface area contributed by atoms with Crippen LogP contribution in [-0.4, -0.2) is 26.4 Å². The molecular formula is C17H17NO4S. The fraction of sp³-hybridized carbons (Fsp3) is 0.176. The molecule has 0 unspecified atom stereocenters. The molecule has 0 atom stereocenters. The molecule has 0 saturated heterocycles. The maximum Gasteiger partial charge on any atom is 0.255 e. The fourth-order valence-electron chi connectivity index (χ4n) is 2.15. The van der Waals surface area contributed by atoms with Crippen LogP contribution in [-0.2, 0) is 15.6 Å². The third kappa shape index (κ3) is 4.75. The number of hydrogen-bond donors (Lipinski definition) is 1. The molecule has 0 aliphatic carbocycles. The first kappa shape index (κ1) is 16.9. The highest BCUT2D eigenvalue weighted by molar-refractivity contribution is 7.89. The molecule has 6 heteroatoms. The summed E-state index contributed by atoms with van der Waals surface area (Å²) in [5.74, 6) is -0.559. The number of carbonyl (C=O) groups is 2. The van der Waals surface area contributed by atoms with Crippen molar-refractivity contribution in [3.05, 3.63) is 65.2 Å². The largest absolute Gasteiger partial charge is 0.321 e. The number of hydrogen-bond acceptors (Lipinski definition) is 4. The van der Waals surface area contributed by atoms with Gasteiger partial charge in [-0.05, 0) is 36.8 Å². The van der Waals surface area contributed by atoms with E-state index in [9.17, 15) is 18.0 Å². The van der Waals surface area contributed by atoms with Gasteiger partial charge >= 0.3 is 0 Å². The Morgan fingerprint density at radius 2 is 1.61 bits per heavy atom. The summed E-state index contributed by atoms with van der Waals surface area (Å²) in [5, 5.41) is 2.70. The Morgan fingerprint density at radius 3 is 2.17 bits per heavy atom. The van der Waals surface area contributed by atoms with Gasteiger partial charge in [0.05, 0.1) is 11.4 Å². The smallest absolute Gasteiger partial charge is 0.255 e. The van der Waals surface area contributed by atoms with Crippen LogP contribution in [0.3, 0.4) is 0 Å². The lowest BCUT2D eigenvalue weighted by atomic mass is 10.1. The van der Waals surface area contributed by atoms with Crippen LogP contribution in [0.15, 0.2) is 48.5 Å². The average Bonchev–Trinajstić information content (AvgIpc) is 2.46. The van der Waals surface area contributed by atoms with Crippen LogP contribution in [0, 0.1) is 0 Å². The summed E-state index contributed by atoms with van der Waals surface area (Å²) in [6, 6.07) is 13.1. The van der Waals surface area contributed by atoms with Crippen molar-refractivity contribution in [2.45, 2.75) is 12.7 Å². The zero-order chi connectivity index (χ0) is 17.0. The third-order valence-corrected chi connectivity index (χ3v) is 4.06. The molecule has 0 spiro atoms. The molecule has 1 N–H and O–H groups in total. The van der Waals surface area contributed by atoms with Gasteiger partial charge in [0.2, 0.25) is 0 Å². The highest BCUT2D eigenvalue weighted by Gasteiger charge is 2.12. The molecule has 5 nitrogen and oxygen atoms in total. The predicted octanol–water partition coefficient (Wildman–Crippen LogP) is 2.69. The molecule has 0 saturated carbocycles.